The minimum atomic E-state index is -0.318. The highest BCUT2D eigenvalue weighted by Gasteiger charge is 2.17. The van der Waals surface area contributed by atoms with Gasteiger partial charge in [0.15, 0.2) is 11.0 Å². The molecular formula is C25H21BrN6O2S. The van der Waals surface area contributed by atoms with Crippen LogP contribution in [0.4, 0.5) is 0 Å². The van der Waals surface area contributed by atoms with E-state index in [1.54, 1.807) is 24.5 Å². The van der Waals surface area contributed by atoms with Gasteiger partial charge in [-0.25, -0.2) is 5.43 Å². The fraction of sp³-hybridized carbons (Fsp3) is 0.0800. The lowest BCUT2D eigenvalue weighted by molar-refractivity contribution is -0.118. The van der Waals surface area contributed by atoms with Crippen LogP contribution in [0.25, 0.3) is 17.1 Å². The van der Waals surface area contributed by atoms with E-state index in [9.17, 15) is 9.90 Å². The molecule has 10 heteroatoms. The molecule has 0 unspecified atom stereocenters. The summed E-state index contributed by atoms with van der Waals surface area (Å²) in [6.45, 7) is 3.68. The summed E-state index contributed by atoms with van der Waals surface area (Å²) in [7, 11) is 0. The minimum Gasteiger partial charge on any atom is -0.507 e. The zero-order valence-electron chi connectivity index (χ0n) is 18.5. The Balaban J connectivity index is 1.48. The van der Waals surface area contributed by atoms with Gasteiger partial charge in [0.25, 0.3) is 5.91 Å². The van der Waals surface area contributed by atoms with Crippen molar-refractivity contribution >= 4 is 39.8 Å². The summed E-state index contributed by atoms with van der Waals surface area (Å²) < 4.78 is 2.83. The molecule has 35 heavy (non-hydrogen) atoms. The molecule has 1 amide bonds. The van der Waals surface area contributed by atoms with Gasteiger partial charge in [-0.1, -0.05) is 45.9 Å². The molecule has 4 rings (SSSR count). The quantitative estimate of drug-likeness (QED) is 0.135. The predicted octanol–water partition coefficient (Wildman–Crippen LogP) is 4.77. The first kappa shape index (κ1) is 24.4. The zero-order chi connectivity index (χ0) is 24.6. The number of carbonyl (C=O) groups is 1. The molecule has 0 saturated carbocycles. The van der Waals surface area contributed by atoms with Crippen LogP contribution in [0, 0.1) is 0 Å². The van der Waals surface area contributed by atoms with Crippen molar-refractivity contribution < 1.29 is 9.90 Å². The number of aromatic hydroxyl groups is 1. The average molecular weight is 549 g/mol. The monoisotopic (exact) mass is 548 g/mol. The van der Waals surface area contributed by atoms with Gasteiger partial charge in [0, 0.05) is 33.7 Å². The van der Waals surface area contributed by atoms with Crippen molar-refractivity contribution in [3.05, 3.63) is 95.2 Å². The summed E-state index contributed by atoms with van der Waals surface area (Å²) in [6.07, 6.45) is 7.07. The lowest BCUT2D eigenvalue weighted by Crippen LogP contribution is -2.20. The fourth-order valence-corrected chi connectivity index (χ4v) is 4.25. The first-order valence-electron chi connectivity index (χ1n) is 10.5. The summed E-state index contributed by atoms with van der Waals surface area (Å²) in [5, 5.41) is 23.5. The molecular weight excluding hydrogens is 528 g/mol. The number of para-hydroxylation sites is 1. The Hall–Kier alpha value is -3.76. The maximum absolute atomic E-state index is 12.4. The molecule has 0 fully saturated rings. The maximum atomic E-state index is 12.4. The highest BCUT2D eigenvalue weighted by molar-refractivity contribution is 9.10. The van der Waals surface area contributed by atoms with Crippen molar-refractivity contribution in [2.24, 2.45) is 5.10 Å². The molecule has 2 heterocycles. The van der Waals surface area contributed by atoms with E-state index in [-0.39, 0.29) is 17.4 Å². The standard InChI is InChI=1S/C25H21BrN6O2S/c1-2-5-17-6-3-7-18(23(17)34)15-28-29-22(33)16-35-25-31-30-24(19-8-4-13-27-14-19)32(25)21-11-9-20(26)10-12-21/h2-4,6-15,34H,1,5,16H2,(H,29,33). The van der Waals surface area contributed by atoms with E-state index in [0.717, 1.165) is 21.3 Å². The first-order chi connectivity index (χ1) is 17.1. The van der Waals surface area contributed by atoms with E-state index in [1.807, 2.05) is 53.1 Å². The normalized spacial score (nSPS) is 11.0. The lowest BCUT2D eigenvalue weighted by atomic mass is 10.1. The van der Waals surface area contributed by atoms with Crippen molar-refractivity contribution in [1.29, 1.82) is 0 Å². The number of carbonyl (C=O) groups excluding carboxylic acids is 1. The molecule has 0 spiro atoms. The number of benzene rings is 2. The number of pyridine rings is 1. The van der Waals surface area contributed by atoms with Gasteiger partial charge in [-0.3, -0.25) is 14.3 Å². The van der Waals surface area contributed by atoms with E-state index in [4.69, 9.17) is 0 Å². The molecule has 2 N–H and O–H groups in total. The van der Waals surface area contributed by atoms with Gasteiger partial charge in [0.05, 0.1) is 12.0 Å². The van der Waals surface area contributed by atoms with Crippen LogP contribution >= 0.6 is 27.7 Å². The van der Waals surface area contributed by atoms with Crippen LogP contribution < -0.4 is 5.43 Å². The van der Waals surface area contributed by atoms with Crippen molar-refractivity contribution in [3.63, 3.8) is 0 Å². The second-order valence-corrected chi connectivity index (χ2v) is 9.15. The van der Waals surface area contributed by atoms with Crippen LogP contribution in [0.1, 0.15) is 11.1 Å². The highest BCUT2D eigenvalue weighted by Crippen LogP contribution is 2.28. The molecule has 2 aromatic carbocycles. The van der Waals surface area contributed by atoms with E-state index in [0.29, 0.717) is 23.0 Å². The molecule has 8 nitrogen and oxygen atoms in total. The van der Waals surface area contributed by atoms with Crippen LogP contribution in [0.3, 0.4) is 0 Å². The maximum Gasteiger partial charge on any atom is 0.250 e. The molecule has 2 aromatic heterocycles. The Morgan fingerprint density at radius 2 is 2.00 bits per heavy atom. The van der Waals surface area contributed by atoms with E-state index in [1.165, 1.54) is 18.0 Å². The molecule has 176 valence electrons. The number of phenolic OH excluding ortho intramolecular Hbond substituents is 1. The third kappa shape index (κ3) is 6.03. The minimum absolute atomic E-state index is 0.0710. The van der Waals surface area contributed by atoms with Crippen molar-refractivity contribution in [2.75, 3.05) is 5.75 Å². The SMILES string of the molecule is C=CCc1cccc(C=NNC(=O)CSc2nnc(-c3cccnc3)n2-c2ccc(Br)cc2)c1O. The number of nitrogens with one attached hydrogen (secondary N) is 1. The summed E-state index contributed by atoms with van der Waals surface area (Å²) in [5.74, 6) is 0.490. The number of amides is 1. The number of hydrogen-bond acceptors (Lipinski definition) is 7. The molecule has 0 atom stereocenters. The largest absolute Gasteiger partial charge is 0.507 e. The summed E-state index contributed by atoms with van der Waals surface area (Å²) in [5.41, 5.74) is 5.40. The van der Waals surface area contributed by atoms with Crippen molar-refractivity contribution in [3.8, 4) is 22.8 Å². The van der Waals surface area contributed by atoms with E-state index < -0.39 is 0 Å². The van der Waals surface area contributed by atoms with Gasteiger partial charge in [0.2, 0.25) is 0 Å². The lowest BCUT2D eigenvalue weighted by Gasteiger charge is -2.10. The van der Waals surface area contributed by atoms with Gasteiger partial charge in [-0.15, -0.1) is 16.8 Å². The van der Waals surface area contributed by atoms with Crippen LogP contribution in [-0.2, 0) is 11.2 Å². The number of thioether (sulfide) groups is 1. The second kappa shape index (κ2) is 11.6. The van der Waals surface area contributed by atoms with E-state index >= 15 is 0 Å². The molecule has 0 saturated heterocycles. The van der Waals surface area contributed by atoms with Crippen molar-refractivity contribution in [2.45, 2.75) is 11.6 Å². The number of hydrazone groups is 1. The Labute approximate surface area is 215 Å². The Bertz CT molecular complexity index is 1360. The van der Waals surface area contributed by atoms with Gasteiger partial charge in [0.1, 0.15) is 5.75 Å². The topological polar surface area (TPSA) is 105 Å². The Morgan fingerprint density at radius 1 is 1.17 bits per heavy atom. The summed E-state index contributed by atoms with van der Waals surface area (Å²) in [6, 6.07) is 16.8. The number of nitrogens with zero attached hydrogens (tertiary/aromatic N) is 5. The van der Waals surface area contributed by atoms with Crippen LogP contribution in [0.5, 0.6) is 5.75 Å². The fourth-order valence-electron chi connectivity index (χ4n) is 3.24. The summed E-state index contributed by atoms with van der Waals surface area (Å²) >= 11 is 4.69. The van der Waals surface area contributed by atoms with Gasteiger partial charge >= 0.3 is 0 Å². The number of rotatable bonds is 9. The number of aromatic nitrogens is 4. The Kier molecular flexibility index (Phi) is 8.07. The van der Waals surface area contributed by atoms with Gasteiger partial charge < -0.3 is 5.11 Å². The van der Waals surface area contributed by atoms with Crippen LogP contribution in [-0.4, -0.2) is 42.7 Å². The molecule has 0 aliphatic heterocycles. The summed E-state index contributed by atoms with van der Waals surface area (Å²) in [4.78, 5) is 16.6. The third-order valence-electron chi connectivity index (χ3n) is 4.88. The number of hydrogen-bond donors (Lipinski definition) is 2. The zero-order valence-corrected chi connectivity index (χ0v) is 20.9. The average Bonchev–Trinajstić information content (AvgIpc) is 3.30. The number of phenols is 1. The molecule has 4 aromatic rings. The molecule has 0 aliphatic rings. The molecule has 0 radical (unpaired) electrons. The first-order valence-corrected chi connectivity index (χ1v) is 12.3. The Morgan fingerprint density at radius 3 is 2.74 bits per heavy atom. The van der Waals surface area contributed by atoms with Gasteiger partial charge in [-0.05, 0) is 54.4 Å². The van der Waals surface area contributed by atoms with Crippen LogP contribution in [0.2, 0.25) is 0 Å². The molecule has 0 aliphatic carbocycles. The second-order valence-electron chi connectivity index (χ2n) is 7.29. The van der Waals surface area contributed by atoms with Gasteiger partial charge in [-0.2, -0.15) is 5.10 Å². The smallest absolute Gasteiger partial charge is 0.250 e. The molecule has 0 bridgehead atoms. The number of halogens is 1. The number of allylic oxidation sites excluding steroid dienone is 1. The van der Waals surface area contributed by atoms with E-state index in [2.05, 4.69) is 48.2 Å². The van der Waals surface area contributed by atoms with Crippen molar-refractivity contribution in [1.82, 2.24) is 25.2 Å². The van der Waals surface area contributed by atoms with Crippen LogP contribution in [0.15, 0.2) is 94.4 Å². The predicted molar refractivity (Wildman–Crippen MR) is 141 cm³/mol. The highest BCUT2D eigenvalue weighted by atomic mass is 79.9. The third-order valence-corrected chi connectivity index (χ3v) is 6.34.